The first-order valence-corrected chi connectivity index (χ1v) is 10.0. The van der Waals surface area contributed by atoms with Crippen LogP contribution in [0.5, 0.6) is 0 Å². The minimum absolute atomic E-state index is 0.134. The molecule has 2 fully saturated rings. The highest BCUT2D eigenvalue weighted by molar-refractivity contribution is 9.10. The number of aryl methyl sites for hydroxylation is 1. The standard InChI is InChI=1S/C14H19BrN4O3S/c1-8-3-4-11(15)18-12(8)19-13(20)9-5-14(6-10(14)17-9)7-16-23(2,21)22/h3-4,9-10,16-17H,5-7H2,1-2H3,(H,18,19,20). The number of pyridine rings is 1. The fourth-order valence-corrected chi connectivity index (χ4v) is 3.92. The van der Waals surface area contributed by atoms with Crippen molar-refractivity contribution >= 4 is 37.7 Å². The van der Waals surface area contributed by atoms with Gasteiger partial charge in [0.05, 0.1) is 12.3 Å². The number of hydrogen-bond donors (Lipinski definition) is 3. The van der Waals surface area contributed by atoms with Crippen molar-refractivity contribution in [2.45, 2.75) is 31.8 Å². The first-order valence-electron chi connectivity index (χ1n) is 7.33. The third-order valence-corrected chi connectivity index (χ3v) is 5.62. The van der Waals surface area contributed by atoms with Crippen molar-refractivity contribution in [2.24, 2.45) is 5.41 Å². The van der Waals surface area contributed by atoms with E-state index in [1.165, 1.54) is 0 Å². The summed E-state index contributed by atoms with van der Waals surface area (Å²) in [6, 6.07) is 3.57. The van der Waals surface area contributed by atoms with Gasteiger partial charge in [-0.05, 0) is 47.3 Å². The Kier molecular flexibility index (Phi) is 4.24. The second-order valence-corrected chi connectivity index (χ2v) is 9.07. The molecule has 3 rings (SSSR count). The van der Waals surface area contributed by atoms with Crippen LogP contribution in [0.25, 0.3) is 0 Å². The zero-order valence-corrected chi connectivity index (χ0v) is 15.3. The molecule has 2 aliphatic rings. The van der Waals surface area contributed by atoms with Crippen molar-refractivity contribution in [1.82, 2.24) is 15.0 Å². The summed E-state index contributed by atoms with van der Waals surface area (Å²) < 4.78 is 25.7. The fraction of sp³-hybridized carbons (Fsp3) is 0.571. The third-order valence-electron chi connectivity index (χ3n) is 4.51. The van der Waals surface area contributed by atoms with E-state index in [9.17, 15) is 13.2 Å². The number of nitrogens with one attached hydrogen (secondary N) is 3. The quantitative estimate of drug-likeness (QED) is 0.631. The van der Waals surface area contributed by atoms with Crippen LogP contribution in [-0.2, 0) is 14.8 Å². The molecular weight excluding hydrogens is 384 g/mol. The molecule has 1 saturated carbocycles. The van der Waals surface area contributed by atoms with Crippen molar-refractivity contribution in [3.63, 3.8) is 0 Å². The summed E-state index contributed by atoms with van der Waals surface area (Å²) in [5.41, 5.74) is 0.753. The number of carbonyl (C=O) groups is 1. The van der Waals surface area contributed by atoms with Gasteiger partial charge in [-0.1, -0.05) is 6.07 Å². The average Bonchev–Trinajstić information content (AvgIpc) is 3.01. The van der Waals surface area contributed by atoms with E-state index in [-0.39, 0.29) is 23.4 Å². The van der Waals surface area contributed by atoms with Gasteiger partial charge in [0.25, 0.3) is 0 Å². The minimum atomic E-state index is -3.21. The number of nitrogens with zero attached hydrogens (tertiary/aromatic N) is 1. The van der Waals surface area contributed by atoms with Crippen molar-refractivity contribution in [2.75, 3.05) is 18.1 Å². The molecule has 1 saturated heterocycles. The molecule has 126 valence electrons. The predicted molar refractivity (Wildman–Crippen MR) is 90.5 cm³/mol. The highest BCUT2D eigenvalue weighted by Gasteiger charge is 2.61. The van der Waals surface area contributed by atoms with E-state index in [1.54, 1.807) is 0 Å². The highest BCUT2D eigenvalue weighted by atomic mass is 79.9. The number of fused-ring (bicyclic) bond motifs is 1. The van der Waals surface area contributed by atoms with Crippen LogP contribution in [0.3, 0.4) is 0 Å². The lowest BCUT2D eigenvalue weighted by Gasteiger charge is -2.17. The van der Waals surface area contributed by atoms with Gasteiger partial charge < -0.3 is 10.6 Å². The lowest BCUT2D eigenvalue weighted by atomic mass is 9.99. The first kappa shape index (κ1) is 16.8. The van der Waals surface area contributed by atoms with Crippen LogP contribution in [0.1, 0.15) is 18.4 Å². The molecule has 2 heterocycles. The summed E-state index contributed by atoms with van der Waals surface area (Å²) in [5, 5.41) is 6.12. The number of aromatic nitrogens is 1. The number of rotatable bonds is 5. The first-order chi connectivity index (χ1) is 10.7. The van der Waals surface area contributed by atoms with Gasteiger partial charge in [-0.25, -0.2) is 18.1 Å². The lowest BCUT2D eigenvalue weighted by Crippen LogP contribution is -2.38. The van der Waals surface area contributed by atoms with Gasteiger partial charge in [0.15, 0.2) is 0 Å². The van der Waals surface area contributed by atoms with Gasteiger partial charge in [-0.15, -0.1) is 0 Å². The van der Waals surface area contributed by atoms with Crippen LogP contribution in [0.4, 0.5) is 5.82 Å². The fourth-order valence-electron chi connectivity index (χ4n) is 3.06. The van der Waals surface area contributed by atoms with Crippen LogP contribution >= 0.6 is 15.9 Å². The Bertz CT molecular complexity index is 754. The Morgan fingerprint density at radius 1 is 1.48 bits per heavy atom. The molecule has 0 aromatic carbocycles. The molecule has 1 aliphatic carbocycles. The van der Waals surface area contributed by atoms with Crippen LogP contribution in [0.15, 0.2) is 16.7 Å². The summed E-state index contributed by atoms with van der Waals surface area (Å²) in [6.07, 6.45) is 2.67. The minimum Gasteiger partial charge on any atom is -0.309 e. The summed E-state index contributed by atoms with van der Waals surface area (Å²) in [7, 11) is -3.21. The Hall–Kier alpha value is -1.03. The summed E-state index contributed by atoms with van der Waals surface area (Å²) in [6.45, 7) is 2.26. The maximum Gasteiger partial charge on any atom is 0.242 e. The van der Waals surface area contributed by atoms with E-state index in [4.69, 9.17) is 0 Å². The maximum absolute atomic E-state index is 12.4. The second-order valence-electron chi connectivity index (χ2n) is 6.42. The largest absolute Gasteiger partial charge is 0.309 e. The van der Waals surface area contributed by atoms with Gasteiger partial charge in [0.1, 0.15) is 10.4 Å². The number of piperidine rings is 1. The van der Waals surface area contributed by atoms with Gasteiger partial charge in [-0.3, -0.25) is 4.79 Å². The van der Waals surface area contributed by atoms with Crippen molar-refractivity contribution in [3.8, 4) is 0 Å². The number of anilines is 1. The number of halogens is 1. The van der Waals surface area contributed by atoms with E-state index in [2.05, 4.69) is 36.3 Å². The highest BCUT2D eigenvalue weighted by Crippen LogP contribution is 2.54. The smallest absolute Gasteiger partial charge is 0.242 e. The Labute approximate surface area is 143 Å². The number of sulfonamides is 1. The molecular formula is C14H19BrN4O3S. The molecule has 23 heavy (non-hydrogen) atoms. The lowest BCUT2D eigenvalue weighted by molar-refractivity contribution is -0.118. The van der Waals surface area contributed by atoms with E-state index in [0.29, 0.717) is 23.4 Å². The van der Waals surface area contributed by atoms with Crippen LogP contribution in [-0.4, -0.2) is 44.2 Å². The SMILES string of the molecule is Cc1ccc(Br)nc1NC(=O)C1CC2(CNS(C)(=O)=O)CC2N1. The second kappa shape index (κ2) is 5.80. The van der Waals surface area contributed by atoms with Crippen LogP contribution in [0.2, 0.25) is 0 Å². The summed E-state index contributed by atoms with van der Waals surface area (Å²) in [5.74, 6) is 0.402. The van der Waals surface area contributed by atoms with Crippen LogP contribution < -0.4 is 15.4 Å². The Morgan fingerprint density at radius 3 is 2.91 bits per heavy atom. The van der Waals surface area contributed by atoms with E-state index in [1.807, 2.05) is 19.1 Å². The molecule has 1 amide bonds. The number of carbonyl (C=O) groups excluding carboxylic acids is 1. The molecule has 3 atom stereocenters. The number of hydrogen-bond acceptors (Lipinski definition) is 5. The van der Waals surface area contributed by atoms with Gasteiger partial charge >= 0.3 is 0 Å². The van der Waals surface area contributed by atoms with Gasteiger partial charge in [0, 0.05) is 18.0 Å². The monoisotopic (exact) mass is 402 g/mol. The third kappa shape index (κ3) is 3.73. The van der Waals surface area contributed by atoms with Gasteiger partial charge in [-0.2, -0.15) is 0 Å². The van der Waals surface area contributed by atoms with E-state index in [0.717, 1.165) is 18.2 Å². The summed E-state index contributed by atoms with van der Waals surface area (Å²) >= 11 is 3.29. The number of amides is 1. The average molecular weight is 403 g/mol. The predicted octanol–water partition coefficient (Wildman–Crippen LogP) is 0.761. The van der Waals surface area contributed by atoms with Crippen molar-refractivity contribution < 1.29 is 13.2 Å². The zero-order valence-electron chi connectivity index (χ0n) is 12.9. The van der Waals surface area contributed by atoms with E-state index < -0.39 is 10.0 Å². The molecule has 1 aromatic heterocycles. The molecule has 1 aromatic rings. The molecule has 0 spiro atoms. The normalized spacial score (nSPS) is 29.2. The molecule has 0 bridgehead atoms. The molecule has 1 aliphatic heterocycles. The Morgan fingerprint density at radius 2 is 2.22 bits per heavy atom. The van der Waals surface area contributed by atoms with Crippen LogP contribution in [0, 0.1) is 12.3 Å². The van der Waals surface area contributed by atoms with E-state index >= 15 is 0 Å². The molecule has 7 nitrogen and oxygen atoms in total. The van der Waals surface area contributed by atoms with Crippen molar-refractivity contribution in [1.29, 1.82) is 0 Å². The molecule has 3 N–H and O–H groups in total. The van der Waals surface area contributed by atoms with Crippen molar-refractivity contribution in [3.05, 3.63) is 22.3 Å². The topological polar surface area (TPSA) is 100 Å². The zero-order chi connectivity index (χ0) is 16.8. The summed E-state index contributed by atoms with van der Waals surface area (Å²) in [4.78, 5) is 16.7. The maximum atomic E-state index is 12.4. The Balaban J connectivity index is 1.61. The molecule has 3 unspecified atom stereocenters. The van der Waals surface area contributed by atoms with Gasteiger partial charge in [0.2, 0.25) is 15.9 Å². The molecule has 9 heteroatoms. The molecule has 0 radical (unpaired) electrons.